The normalized spacial score (nSPS) is 20.4. The Labute approximate surface area is 155 Å². The highest BCUT2D eigenvalue weighted by atomic mass is 16.5. The van der Waals surface area contributed by atoms with Crippen LogP contribution in [0.15, 0.2) is 54.6 Å². The van der Waals surface area contributed by atoms with E-state index in [9.17, 15) is 4.79 Å². The molecule has 1 fully saturated rings. The Kier molecular flexibility index (Phi) is 6.07. The molecule has 0 saturated carbocycles. The number of aliphatic hydroxyl groups is 1. The van der Waals surface area contributed by atoms with Crippen LogP contribution in [0.2, 0.25) is 0 Å². The molecule has 4 heteroatoms. The van der Waals surface area contributed by atoms with E-state index in [1.807, 2.05) is 47.4 Å². The molecule has 2 atom stereocenters. The second-order valence-electron chi connectivity index (χ2n) is 7.27. The number of benzene rings is 2. The molecule has 0 aliphatic carbocycles. The summed E-state index contributed by atoms with van der Waals surface area (Å²) < 4.78 is 6.27. The molecule has 138 valence electrons. The van der Waals surface area contributed by atoms with Gasteiger partial charge in [-0.05, 0) is 22.6 Å². The lowest BCUT2D eigenvalue weighted by molar-refractivity contribution is -0.149. The lowest BCUT2D eigenvalue weighted by Gasteiger charge is -2.40. The average Bonchev–Trinajstić information content (AvgIpc) is 2.68. The van der Waals surface area contributed by atoms with Crippen molar-refractivity contribution in [3.63, 3.8) is 0 Å². The zero-order chi connectivity index (χ0) is 18.5. The van der Waals surface area contributed by atoms with Crippen LogP contribution in [0.25, 0.3) is 0 Å². The topological polar surface area (TPSA) is 49.8 Å². The molecule has 0 bridgehead atoms. The van der Waals surface area contributed by atoms with E-state index >= 15 is 0 Å². The lowest BCUT2D eigenvalue weighted by Crippen LogP contribution is -2.49. The number of carbonyl (C=O) groups is 1. The fourth-order valence-electron chi connectivity index (χ4n) is 3.26. The first kappa shape index (κ1) is 18.6. The summed E-state index contributed by atoms with van der Waals surface area (Å²) >= 11 is 0. The van der Waals surface area contributed by atoms with Gasteiger partial charge in [-0.3, -0.25) is 4.79 Å². The number of hydrogen-bond acceptors (Lipinski definition) is 3. The zero-order valence-electron chi connectivity index (χ0n) is 15.5. The molecule has 2 aromatic carbocycles. The molecule has 0 spiro atoms. The van der Waals surface area contributed by atoms with Gasteiger partial charge in [-0.2, -0.15) is 0 Å². The SMILES string of the molecule is CC(C)[C@H]1CN(C(=O)Cc2ccc(CO)cc2)C[C@@H](c2ccccc2)O1. The van der Waals surface area contributed by atoms with Gasteiger partial charge < -0.3 is 14.7 Å². The van der Waals surface area contributed by atoms with Gasteiger partial charge in [0.25, 0.3) is 0 Å². The summed E-state index contributed by atoms with van der Waals surface area (Å²) in [6.45, 7) is 5.50. The first-order valence-corrected chi connectivity index (χ1v) is 9.23. The van der Waals surface area contributed by atoms with Crippen LogP contribution >= 0.6 is 0 Å². The van der Waals surface area contributed by atoms with Crippen molar-refractivity contribution in [2.24, 2.45) is 5.92 Å². The van der Waals surface area contributed by atoms with Crippen molar-refractivity contribution in [2.75, 3.05) is 13.1 Å². The van der Waals surface area contributed by atoms with Crippen LogP contribution in [-0.4, -0.2) is 35.1 Å². The number of amides is 1. The molecule has 0 aromatic heterocycles. The molecule has 2 aromatic rings. The van der Waals surface area contributed by atoms with Gasteiger partial charge in [0, 0.05) is 6.54 Å². The smallest absolute Gasteiger partial charge is 0.227 e. The van der Waals surface area contributed by atoms with Crippen molar-refractivity contribution in [1.82, 2.24) is 4.90 Å². The largest absolute Gasteiger partial charge is 0.392 e. The standard InChI is InChI=1S/C22H27NO3/c1-16(2)20-13-23(14-21(26-20)19-6-4-3-5-7-19)22(25)12-17-8-10-18(15-24)11-9-17/h3-11,16,20-21,24H,12-15H2,1-2H3/t20-,21+/m1/s1. The molecule has 26 heavy (non-hydrogen) atoms. The third-order valence-electron chi connectivity index (χ3n) is 4.95. The second-order valence-corrected chi connectivity index (χ2v) is 7.27. The van der Waals surface area contributed by atoms with Gasteiger partial charge in [0.1, 0.15) is 6.10 Å². The van der Waals surface area contributed by atoms with Crippen LogP contribution in [0.5, 0.6) is 0 Å². The predicted octanol–water partition coefficient (Wildman–Crippen LogP) is 3.35. The molecule has 1 amide bonds. The molecule has 3 rings (SSSR count). The van der Waals surface area contributed by atoms with Gasteiger partial charge in [0.05, 0.1) is 25.7 Å². The first-order valence-electron chi connectivity index (χ1n) is 9.23. The lowest BCUT2D eigenvalue weighted by atomic mass is 10.0. The maximum atomic E-state index is 12.9. The van der Waals surface area contributed by atoms with Crippen molar-refractivity contribution in [3.05, 3.63) is 71.3 Å². The quantitative estimate of drug-likeness (QED) is 0.897. The molecular formula is C22H27NO3. The highest BCUT2D eigenvalue weighted by Crippen LogP contribution is 2.28. The number of morpholine rings is 1. The second kappa shape index (κ2) is 8.47. The van der Waals surface area contributed by atoms with Crippen LogP contribution in [0.3, 0.4) is 0 Å². The Bertz CT molecular complexity index is 712. The van der Waals surface area contributed by atoms with Gasteiger partial charge in [0.15, 0.2) is 0 Å². The van der Waals surface area contributed by atoms with E-state index in [0.717, 1.165) is 16.7 Å². The summed E-state index contributed by atoms with van der Waals surface area (Å²) in [7, 11) is 0. The fourth-order valence-corrected chi connectivity index (χ4v) is 3.26. The van der Waals surface area contributed by atoms with Gasteiger partial charge in [-0.15, -0.1) is 0 Å². The summed E-state index contributed by atoms with van der Waals surface area (Å²) in [4.78, 5) is 14.8. The molecular weight excluding hydrogens is 326 g/mol. The van der Waals surface area contributed by atoms with Gasteiger partial charge in [0.2, 0.25) is 5.91 Å². The number of hydrogen-bond donors (Lipinski definition) is 1. The van der Waals surface area contributed by atoms with Crippen molar-refractivity contribution in [1.29, 1.82) is 0 Å². The Morgan fingerprint density at radius 2 is 1.73 bits per heavy atom. The van der Waals surface area contributed by atoms with Crippen LogP contribution in [0.1, 0.15) is 36.6 Å². The van der Waals surface area contributed by atoms with Gasteiger partial charge >= 0.3 is 0 Å². The predicted molar refractivity (Wildman–Crippen MR) is 102 cm³/mol. The maximum Gasteiger partial charge on any atom is 0.227 e. The minimum absolute atomic E-state index is 0.0204. The van der Waals surface area contributed by atoms with Crippen LogP contribution in [0.4, 0.5) is 0 Å². The van der Waals surface area contributed by atoms with E-state index < -0.39 is 0 Å². The number of ether oxygens (including phenoxy) is 1. The summed E-state index contributed by atoms with van der Waals surface area (Å²) in [6, 6.07) is 17.7. The molecule has 0 radical (unpaired) electrons. The molecule has 4 nitrogen and oxygen atoms in total. The molecule has 0 unspecified atom stereocenters. The highest BCUT2D eigenvalue weighted by Gasteiger charge is 2.32. The molecule has 1 saturated heterocycles. The minimum atomic E-state index is -0.0851. The molecule has 1 aliphatic heterocycles. The van der Waals surface area contributed by atoms with Crippen LogP contribution in [-0.2, 0) is 22.6 Å². The van der Waals surface area contributed by atoms with E-state index in [0.29, 0.717) is 25.4 Å². The Morgan fingerprint density at radius 1 is 1.08 bits per heavy atom. The summed E-state index contributed by atoms with van der Waals surface area (Å²) in [5.74, 6) is 0.470. The summed E-state index contributed by atoms with van der Waals surface area (Å²) in [5, 5.41) is 9.14. The van der Waals surface area contributed by atoms with Crippen LogP contribution in [0, 0.1) is 5.92 Å². The van der Waals surface area contributed by atoms with E-state index in [1.165, 1.54) is 0 Å². The van der Waals surface area contributed by atoms with E-state index in [1.54, 1.807) is 0 Å². The highest BCUT2D eigenvalue weighted by molar-refractivity contribution is 5.79. The Balaban J connectivity index is 1.72. The van der Waals surface area contributed by atoms with Crippen molar-refractivity contribution in [2.45, 2.75) is 39.1 Å². The third-order valence-corrected chi connectivity index (χ3v) is 4.95. The number of aliphatic hydroxyl groups excluding tert-OH is 1. The average molecular weight is 353 g/mol. The first-order chi connectivity index (χ1) is 12.6. The Hall–Kier alpha value is -2.17. The fraction of sp³-hybridized carbons (Fsp3) is 0.409. The summed E-state index contributed by atoms with van der Waals surface area (Å²) in [5.41, 5.74) is 2.94. The molecule has 1 N–H and O–H groups in total. The van der Waals surface area contributed by atoms with E-state index in [4.69, 9.17) is 9.84 Å². The number of rotatable bonds is 5. The third kappa shape index (κ3) is 4.51. The van der Waals surface area contributed by atoms with Crippen molar-refractivity contribution in [3.8, 4) is 0 Å². The van der Waals surface area contributed by atoms with Crippen molar-refractivity contribution >= 4 is 5.91 Å². The molecule has 1 heterocycles. The molecule has 1 aliphatic rings. The van der Waals surface area contributed by atoms with Crippen molar-refractivity contribution < 1.29 is 14.6 Å². The van der Waals surface area contributed by atoms with Gasteiger partial charge in [-0.1, -0.05) is 68.4 Å². The Morgan fingerprint density at radius 3 is 2.35 bits per heavy atom. The van der Waals surface area contributed by atoms with Gasteiger partial charge in [-0.25, -0.2) is 0 Å². The monoisotopic (exact) mass is 353 g/mol. The summed E-state index contributed by atoms with van der Waals surface area (Å²) in [6.07, 6.45) is 0.325. The maximum absolute atomic E-state index is 12.9. The number of nitrogens with zero attached hydrogens (tertiary/aromatic N) is 1. The zero-order valence-corrected chi connectivity index (χ0v) is 15.5. The van der Waals surface area contributed by atoms with Crippen LogP contribution < -0.4 is 0 Å². The minimum Gasteiger partial charge on any atom is -0.392 e. The van der Waals surface area contributed by atoms with E-state index in [-0.39, 0.29) is 24.7 Å². The number of carbonyl (C=O) groups excluding carboxylic acids is 1. The van der Waals surface area contributed by atoms with E-state index in [2.05, 4.69) is 26.0 Å².